The Bertz CT molecular complexity index is 746. The fourth-order valence-electron chi connectivity index (χ4n) is 4.79. The van der Waals surface area contributed by atoms with Crippen LogP contribution in [0.1, 0.15) is 53.9 Å². The monoisotopic (exact) mass is 429 g/mol. The molecule has 2 amide bonds. The lowest BCUT2D eigenvalue weighted by atomic mass is 9.91. The zero-order valence-electron chi connectivity index (χ0n) is 18.3. The third-order valence-corrected chi connectivity index (χ3v) is 8.06. The highest BCUT2D eigenvalue weighted by molar-refractivity contribution is 7.89. The van der Waals surface area contributed by atoms with Crippen molar-refractivity contribution in [1.29, 1.82) is 0 Å². The number of amides is 2. The molecule has 0 aromatic rings. The number of ether oxygens (including phenoxy) is 1. The predicted molar refractivity (Wildman–Crippen MR) is 110 cm³/mol. The summed E-state index contributed by atoms with van der Waals surface area (Å²) in [6, 6.07) is -0.735. The molecule has 0 bridgehead atoms. The van der Waals surface area contributed by atoms with Crippen LogP contribution in [0.3, 0.4) is 0 Å². The molecule has 3 aliphatic rings. The average molecular weight is 430 g/mol. The first-order valence-corrected chi connectivity index (χ1v) is 12.3. The summed E-state index contributed by atoms with van der Waals surface area (Å²) in [4.78, 5) is 29.6. The highest BCUT2D eigenvalue weighted by Gasteiger charge is 2.46. The average Bonchev–Trinajstić information content (AvgIpc) is 3.16. The van der Waals surface area contributed by atoms with Crippen molar-refractivity contribution in [2.75, 3.05) is 31.9 Å². The number of hydrogen-bond acceptors (Lipinski definition) is 5. The zero-order chi connectivity index (χ0) is 21.6. The Labute approximate surface area is 174 Å². The molecule has 3 aliphatic heterocycles. The normalized spacial score (nSPS) is 28.5. The zero-order valence-corrected chi connectivity index (χ0v) is 19.1. The van der Waals surface area contributed by atoms with Crippen molar-refractivity contribution in [1.82, 2.24) is 14.1 Å². The first-order chi connectivity index (χ1) is 13.4. The van der Waals surface area contributed by atoms with Crippen molar-refractivity contribution in [2.24, 2.45) is 11.8 Å². The van der Waals surface area contributed by atoms with E-state index in [9.17, 15) is 18.0 Å². The second kappa shape index (κ2) is 8.06. The van der Waals surface area contributed by atoms with Crippen molar-refractivity contribution < 1.29 is 22.7 Å². The minimum atomic E-state index is -3.38. The van der Waals surface area contributed by atoms with Gasteiger partial charge >= 0.3 is 6.09 Å². The largest absolute Gasteiger partial charge is 0.444 e. The highest BCUT2D eigenvalue weighted by atomic mass is 32.2. The molecule has 3 fully saturated rings. The van der Waals surface area contributed by atoms with Crippen LogP contribution < -0.4 is 0 Å². The summed E-state index contributed by atoms with van der Waals surface area (Å²) in [5.74, 6) is 0.221. The Kier molecular flexibility index (Phi) is 6.21. The van der Waals surface area contributed by atoms with Gasteiger partial charge in [0.25, 0.3) is 0 Å². The van der Waals surface area contributed by atoms with Crippen molar-refractivity contribution in [3.63, 3.8) is 0 Å². The summed E-state index contributed by atoms with van der Waals surface area (Å²) in [7, 11) is -3.38. The number of piperidine rings is 1. The molecule has 0 saturated carbocycles. The molecule has 0 radical (unpaired) electrons. The Hall–Kier alpha value is -1.35. The van der Waals surface area contributed by atoms with E-state index in [4.69, 9.17) is 4.74 Å². The number of nitrogens with zero attached hydrogens (tertiary/aromatic N) is 3. The van der Waals surface area contributed by atoms with Crippen LogP contribution in [0.4, 0.5) is 4.79 Å². The van der Waals surface area contributed by atoms with E-state index < -0.39 is 21.7 Å². The SMILES string of the molecule is CC(C)[C@H](C(=O)N1CC[C@@H]2CCN(C(=O)OC(C)(C)C)[C@H]2C1)N1CCCS1(=O)=O. The number of carbonyl (C=O) groups is 2. The second-order valence-corrected chi connectivity index (χ2v) is 11.9. The number of hydrogen-bond donors (Lipinski definition) is 0. The van der Waals surface area contributed by atoms with Crippen LogP contribution >= 0.6 is 0 Å². The van der Waals surface area contributed by atoms with Gasteiger partial charge in [-0.1, -0.05) is 13.8 Å². The van der Waals surface area contributed by atoms with Gasteiger partial charge < -0.3 is 14.5 Å². The molecular weight excluding hydrogens is 394 g/mol. The molecule has 29 heavy (non-hydrogen) atoms. The Morgan fingerprint density at radius 2 is 1.72 bits per heavy atom. The van der Waals surface area contributed by atoms with Gasteiger partial charge in [-0.15, -0.1) is 0 Å². The number of rotatable bonds is 3. The van der Waals surface area contributed by atoms with E-state index in [1.54, 1.807) is 9.80 Å². The topological polar surface area (TPSA) is 87.2 Å². The van der Waals surface area contributed by atoms with Crippen LogP contribution in [-0.2, 0) is 19.6 Å². The lowest BCUT2D eigenvalue weighted by Crippen LogP contribution is -2.57. The van der Waals surface area contributed by atoms with Gasteiger partial charge in [-0.3, -0.25) is 4.79 Å². The summed E-state index contributed by atoms with van der Waals surface area (Å²) in [5.41, 5.74) is -0.563. The van der Waals surface area contributed by atoms with E-state index in [0.717, 1.165) is 12.8 Å². The Morgan fingerprint density at radius 3 is 2.28 bits per heavy atom. The minimum Gasteiger partial charge on any atom is -0.444 e. The molecule has 0 aromatic carbocycles. The summed E-state index contributed by atoms with van der Waals surface area (Å²) >= 11 is 0. The van der Waals surface area contributed by atoms with Crippen molar-refractivity contribution in [3.8, 4) is 0 Å². The van der Waals surface area contributed by atoms with Gasteiger partial charge in [-0.2, -0.15) is 4.31 Å². The smallest absolute Gasteiger partial charge is 0.410 e. The van der Waals surface area contributed by atoms with Gasteiger partial charge in [0.05, 0.1) is 11.8 Å². The van der Waals surface area contributed by atoms with Crippen LogP contribution in [0.2, 0.25) is 0 Å². The predicted octanol–water partition coefficient (Wildman–Crippen LogP) is 1.90. The van der Waals surface area contributed by atoms with Crippen LogP contribution in [0.5, 0.6) is 0 Å². The molecule has 0 unspecified atom stereocenters. The van der Waals surface area contributed by atoms with Gasteiger partial charge in [0.1, 0.15) is 11.6 Å². The van der Waals surface area contributed by atoms with E-state index in [-0.39, 0.29) is 29.7 Å². The molecule has 8 nitrogen and oxygen atoms in total. The van der Waals surface area contributed by atoms with E-state index in [0.29, 0.717) is 38.5 Å². The van der Waals surface area contributed by atoms with Crippen molar-refractivity contribution >= 4 is 22.0 Å². The standard InChI is InChI=1S/C20H35N3O5S/c1-14(2)17(23-9-6-12-29(23,26)27)18(24)21-10-7-15-8-11-22(16(15)13-21)19(25)28-20(3,4)5/h14-17H,6-13H2,1-5H3/t15-,16+,17-/m1/s1. The summed E-state index contributed by atoms with van der Waals surface area (Å²) in [6.07, 6.45) is 1.98. The number of carbonyl (C=O) groups excluding carboxylic acids is 2. The molecule has 0 N–H and O–H groups in total. The van der Waals surface area contributed by atoms with Gasteiger partial charge in [-0.25, -0.2) is 13.2 Å². The van der Waals surface area contributed by atoms with Crippen LogP contribution in [0.15, 0.2) is 0 Å². The maximum atomic E-state index is 13.4. The Balaban J connectivity index is 1.74. The molecule has 166 valence electrons. The number of likely N-dealkylation sites (tertiary alicyclic amines) is 2. The Morgan fingerprint density at radius 1 is 1.07 bits per heavy atom. The summed E-state index contributed by atoms with van der Waals surface area (Å²) < 4.78 is 31.8. The molecular formula is C20H35N3O5S. The molecule has 3 saturated heterocycles. The van der Waals surface area contributed by atoms with Crippen molar-refractivity contribution in [2.45, 2.75) is 71.6 Å². The number of sulfonamides is 1. The lowest BCUT2D eigenvalue weighted by molar-refractivity contribution is -0.139. The molecule has 3 heterocycles. The summed E-state index contributed by atoms with van der Waals surface area (Å²) in [6.45, 7) is 11.4. The first-order valence-electron chi connectivity index (χ1n) is 10.7. The number of fused-ring (bicyclic) bond motifs is 1. The van der Waals surface area contributed by atoms with Crippen LogP contribution in [-0.4, -0.2) is 84.1 Å². The second-order valence-electron chi connectivity index (χ2n) is 9.83. The maximum absolute atomic E-state index is 13.4. The third-order valence-electron chi connectivity index (χ3n) is 6.14. The molecule has 3 rings (SSSR count). The highest BCUT2D eigenvalue weighted by Crippen LogP contribution is 2.34. The van der Waals surface area contributed by atoms with Gasteiger partial charge in [0, 0.05) is 26.2 Å². The quantitative estimate of drug-likeness (QED) is 0.684. The first kappa shape index (κ1) is 22.3. The van der Waals surface area contributed by atoms with Crippen LogP contribution in [0, 0.1) is 11.8 Å². The van der Waals surface area contributed by atoms with E-state index in [1.807, 2.05) is 34.6 Å². The van der Waals surface area contributed by atoms with E-state index in [1.165, 1.54) is 4.31 Å². The minimum absolute atomic E-state index is 0.0643. The molecule has 0 aromatic heterocycles. The fourth-order valence-corrected chi connectivity index (χ4v) is 6.60. The lowest BCUT2D eigenvalue weighted by Gasteiger charge is -2.41. The fraction of sp³-hybridized carbons (Fsp3) is 0.900. The maximum Gasteiger partial charge on any atom is 0.410 e. The molecule has 0 spiro atoms. The van der Waals surface area contributed by atoms with Gasteiger partial charge in [-0.05, 0) is 51.9 Å². The third kappa shape index (κ3) is 4.71. The summed E-state index contributed by atoms with van der Waals surface area (Å²) in [5, 5.41) is 0. The van der Waals surface area contributed by atoms with Gasteiger partial charge in [0.15, 0.2) is 0 Å². The molecule has 0 aliphatic carbocycles. The van der Waals surface area contributed by atoms with E-state index in [2.05, 4.69) is 0 Å². The van der Waals surface area contributed by atoms with Crippen molar-refractivity contribution in [3.05, 3.63) is 0 Å². The van der Waals surface area contributed by atoms with E-state index >= 15 is 0 Å². The van der Waals surface area contributed by atoms with Gasteiger partial charge in [0.2, 0.25) is 15.9 Å². The molecule has 9 heteroatoms. The molecule has 3 atom stereocenters. The van der Waals surface area contributed by atoms with Crippen LogP contribution in [0.25, 0.3) is 0 Å².